The van der Waals surface area contributed by atoms with Gasteiger partial charge in [0.25, 0.3) is 0 Å². The van der Waals surface area contributed by atoms with Crippen LogP contribution in [0.4, 0.5) is 0 Å². The Bertz CT molecular complexity index is 402. The lowest BCUT2D eigenvalue weighted by molar-refractivity contribution is 0.101. The number of nitrogens with zero attached hydrogens (tertiary/aromatic N) is 1. The van der Waals surface area contributed by atoms with Gasteiger partial charge in [0, 0.05) is 36.5 Å². The van der Waals surface area contributed by atoms with E-state index in [0.717, 1.165) is 18.5 Å². The minimum atomic E-state index is 0.0152. The summed E-state index contributed by atoms with van der Waals surface area (Å²) in [6, 6.07) is 1.77. The molecule has 3 nitrogen and oxygen atoms in total. The van der Waals surface area contributed by atoms with Gasteiger partial charge in [0.05, 0.1) is 0 Å². The number of ketones is 1. The third-order valence-corrected chi connectivity index (χ3v) is 1.88. The van der Waals surface area contributed by atoms with E-state index < -0.39 is 0 Å². The maximum atomic E-state index is 11.1. The number of carbonyl (C=O) groups is 1. The Hall–Kier alpha value is -1.66. The van der Waals surface area contributed by atoms with Gasteiger partial charge in [-0.15, -0.1) is 0 Å². The number of rotatable bonds is 3. The molecule has 1 aromatic heterocycles. The van der Waals surface area contributed by atoms with Crippen molar-refractivity contribution in [2.24, 2.45) is 0 Å². The Morgan fingerprint density at radius 1 is 1.53 bits per heavy atom. The minimum Gasteiger partial charge on any atom is -0.319 e. The van der Waals surface area contributed by atoms with Crippen molar-refractivity contribution in [1.82, 2.24) is 10.3 Å². The van der Waals surface area contributed by atoms with E-state index in [1.54, 1.807) is 18.5 Å². The van der Waals surface area contributed by atoms with Gasteiger partial charge in [-0.3, -0.25) is 9.78 Å². The molecular weight excluding hydrogens is 188 g/mol. The molecule has 78 valence electrons. The van der Waals surface area contributed by atoms with Crippen LogP contribution in [0.25, 0.3) is 0 Å². The fourth-order valence-electron chi connectivity index (χ4n) is 1.05. The maximum absolute atomic E-state index is 11.1. The number of hydrogen-bond acceptors (Lipinski definition) is 3. The van der Waals surface area contributed by atoms with E-state index in [1.807, 2.05) is 7.05 Å². The molecule has 0 radical (unpaired) electrons. The number of nitrogens with one attached hydrogen (secondary N) is 1. The molecule has 0 saturated heterocycles. The van der Waals surface area contributed by atoms with Crippen molar-refractivity contribution in [2.75, 3.05) is 13.6 Å². The molecule has 0 aliphatic heterocycles. The van der Waals surface area contributed by atoms with Gasteiger partial charge < -0.3 is 5.32 Å². The second-order valence-corrected chi connectivity index (χ2v) is 3.17. The molecule has 0 saturated carbocycles. The molecule has 15 heavy (non-hydrogen) atoms. The van der Waals surface area contributed by atoms with Crippen LogP contribution in [-0.4, -0.2) is 24.4 Å². The summed E-state index contributed by atoms with van der Waals surface area (Å²) < 4.78 is 0. The zero-order valence-corrected chi connectivity index (χ0v) is 9.00. The van der Waals surface area contributed by atoms with Gasteiger partial charge in [-0.05, 0) is 20.0 Å². The van der Waals surface area contributed by atoms with E-state index in [1.165, 1.54) is 6.92 Å². The van der Waals surface area contributed by atoms with E-state index in [2.05, 4.69) is 22.1 Å². The molecule has 0 fully saturated rings. The van der Waals surface area contributed by atoms with Crippen molar-refractivity contribution in [2.45, 2.75) is 13.3 Å². The highest BCUT2D eigenvalue weighted by Gasteiger charge is 1.98. The van der Waals surface area contributed by atoms with E-state index >= 15 is 0 Å². The normalized spacial score (nSPS) is 9.20. The van der Waals surface area contributed by atoms with Crippen LogP contribution in [0.3, 0.4) is 0 Å². The van der Waals surface area contributed by atoms with Gasteiger partial charge in [0.15, 0.2) is 5.78 Å². The van der Waals surface area contributed by atoms with Crippen molar-refractivity contribution >= 4 is 5.78 Å². The monoisotopic (exact) mass is 202 g/mol. The van der Waals surface area contributed by atoms with Crippen LogP contribution in [0.15, 0.2) is 18.5 Å². The summed E-state index contributed by atoms with van der Waals surface area (Å²) in [7, 11) is 1.89. The Labute approximate surface area is 89.9 Å². The number of hydrogen-bond donors (Lipinski definition) is 1. The van der Waals surface area contributed by atoms with E-state index in [0.29, 0.717) is 5.56 Å². The van der Waals surface area contributed by atoms with Crippen molar-refractivity contribution in [3.63, 3.8) is 0 Å². The molecule has 0 bridgehead atoms. The van der Waals surface area contributed by atoms with Gasteiger partial charge >= 0.3 is 0 Å². The van der Waals surface area contributed by atoms with Crippen LogP contribution >= 0.6 is 0 Å². The quantitative estimate of drug-likeness (QED) is 0.455. The van der Waals surface area contributed by atoms with Crippen molar-refractivity contribution in [1.29, 1.82) is 0 Å². The van der Waals surface area contributed by atoms with Crippen LogP contribution in [0.5, 0.6) is 0 Å². The molecule has 1 rings (SSSR count). The van der Waals surface area contributed by atoms with E-state index in [4.69, 9.17) is 0 Å². The third kappa shape index (κ3) is 3.92. The van der Waals surface area contributed by atoms with Gasteiger partial charge in [-0.25, -0.2) is 0 Å². The highest BCUT2D eigenvalue weighted by molar-refractivity contribution is 5.93. The summed E-state index contributed by atoms with van der Waals surface area (Å²) in [5.41, 5.74) is 1.40. The second-order valence-electron chi connectivity index (χ2n) is 3.17. The number of aromatic nitrogens is 1. The minimum absolute atomic E-state index is 0.0152. The van der Waals surface area contributed by atoms with E-state index in [9.17, 15) is 4.79 Å². The summed E-state index contributed by atoms with van der Waals surface area (Å²) in [6.07, 6.45) is 4.01. The van der Waals surface area contributed by atoms with Crippen LogP contribution in [0.1, 0.15) is 29.3 Å². The first-order chi connectivity index (χ1) is 7.24. The lowest BCUT2D eigenvalue weighted by atomic mass is 10.1. The largest absolute Gasteiger partial charge is 0.319 e. The molecule has 1 N–H and O–H groups in total. The first-order valence-corrected chi connectivity index (χ1v) is 4.83. The summed E-state index contributed by atoms with van der Waals surface area (Å²) in [6.45, 7) is 2.39. The second kappa shape index (κ2) is 5.94. The zero-order chi connectivity index (χ0) is 11.1. The first-order valence-electron chi connectivity index (χ1n) is 4.83. The fourth-order valence-corrected chi connectivity index (χ4v) is 1.05. The Morgan fingerprint density at radius 3 is 3.00 bits per heavy atom. The fraction of sp³-hybridized carbons (Fsp3) is 0.333. The topological polar surface area (TPSA) is 42.0 Å². The molecule has 0 aliphatic carbocycles. The summed E-state index contributed by atoms with van der Waals surface area (Å²) in [5, 5.41) is 3.01. The van der Waals surface area contributed by atoms with Gasteiger partial charge in [0.2, 0.25) is 0 Å². The summed E-state index contributed by atoms with van der Waals surface area (Å²) in [5.74, 6) is 5.99. The molecule has 3 heteroatoms. The zero-order valence-electron chi connectivity index (χ0n) is 9.00. The molecule has 1 aromatic rings. The van der Waals surface area contributed by atoms with Crippen LogP contribution < -0.4 is 5.32 Å². The smallest absolute Gasteiger partial charge is 0.161 e. The molecule has 0 aliphatic rings. The standard InChI is InChI=1S/C12H14N2O/c1-10(15)12-7-11(8-14-9-12)5-3-4-6-13-2/h7-9,13H,4,6H2,1-2H3. The van der Waals surface area contributed by atoms with Crippen LogP contribution in [0.2, 0.25) is 0 Å². The third-order valence-electron chi connectivity index (χ3n) is 1.88. The lowest BCUT2D eigenvalue weighted by Crippen LogP contribution is -2.05. The van der Waals surface area contributed by atoms with Gasteiger partial charge in [-0.1, -0.05) is 11.8 Å². The average molecular weight is 202 g/mol. The van der Waals surface area contributed by atoms with Gasteiger partial charge in [0.1, 0.15) is 0 Å². The Morgan fingerprint density at radius 2 is 2.33 bits per heavy atom. The molecule has 0 spiro atoms. The van der Waals surface area contributed by atoms with Crippen molar-refractivity contribution in [3.05, 3.63) is 29.6 Å². The summed E-state index contributed by atoms with van der Waals surface area (Å²) >= 11 is 0. The number of pyridine rings is 1. The van der Waals surface area contributed by atoms with E-state index in [-0.39, 0.29) is 5.78 Å². The molecule has 0 unspecified atom stereocenters. The molecule has 0 aromatic carbocycles. The predicted octanol–water partition coefficient (Wildman–Crippen LogP) is 1.25. The SMILES string of the molecule is CNCCC#Cc1cncc(C(C)=O)c1. The molecule has 0 atom stereocenters. The molecular formula is C12H14N2O. The first kappa shape index (κ1) is 11.4. The molecule has 0 amide bonds. The summed E-state index contributed by atoms with van der Waals surface area (Å²) in [4.78, 5) is 15.0. The molecule has 1 heterocycles. The number of carbonyl (C=O) groups excluding carboxylic acids is 1. The average Bonchev–Trinajstić information content (AvgIpc) is 2.25. The Balaban J connectivity index is 2.72. The van der Waals surface area contributed by atoms with Crippen molar-refractivity contribution < 1.29 is 4.79 Å². The number of Topliss-reactive ketones (excluding diaryl/α,β-unsaturated/α-hetero) is 1. The van der Waals surface area contributed by atoms with Crippen molar-refractivity contribution in [3.8, 4) is 11.8 Å². The maximum Gasteiger partial charge on any atom is 0.161 e. The Kier molecular flexibility index (Phi) is 4.52. The van der Waals surface area contributed by atoms with Gasteiger partial charge in [-0.2, -0.15) is 0 Å². The lowest BCUT2D eigenvalue weighted by Gasteiger charge is -1.94. The highest BCUT2D eigenvalue weighted by Crippen LogP contribution is 2.01. The van der Waals surface area contributed by atoms with Crippen LogP contribution in [0, 0.1) is 11.8 Å². The van der Waals surface area contributed by atoms with Crippen LogP contribution in [-0.2, 0) is 0 Å². The highest BCUT2D eigenvalue weighted by atomic mass is 16.1. The predicted molar refractivity (Wildman–Crippen MR) is 59.7 cm³/mol.